The van der Waals surface area contributed by atoms with E-state index in [1.54, 1.807) is 24.3 Å². The van der Waals surface area contributed by atoms with Gasteiger partial charge in [0, 0.05) is 16.7 Å². The Morgan fingerprint density at radius 3 is 2.77 bits per heavy atom. The zero-order valence-electron chi connectivity index (χ0n) is 13.7. The number of amides is 1. The van der Waals surface area contributed by atoms with E-state index in [1.165, 1.54) is 15.6 Å². The van der Waals surface area contributed by atoms with Crippen molar-refractivity contribution in [2.45, 2.75) is 23.7 Å². The predicted molar refractivity (Wildman–Crippen MR) is 101 cm³/mol. The summed E-state index contributed by atoms with van der Waals surface area (Å²) >= 11 is 1.37. The molecule has 1 amide bonds. The monoisotopic (exact) mass is 385 g/mol. The predicted octanol–water partition coefficient (Wildman–Crippen LogP) is 3.32. The number of carbonyl (C=O) groups is 1. The van der Waals surface area contributed by atoms with E-state index < -0.39 is 15.9 Å². The topological polar surface area (TPSA) is 79.4 Å². The van der Waals surface area contributed by atoms with Crippen molar-refractivity contribution in [3.05, 3.63) is 47.5 Å². The first kappa shape index (κ1) is 15.8. The van der Waals surface area contributed by atoms with E-state index in [0.29, 0.717) is 22.1 Å². The summed E-state index contributed by atoms with van der Waals surface area (Å²) in [6.07, 6.45) is 2.29. The molecule has 0 saturated heterocycles. The highest BCUT2D eigenvalue weighted by Gasteiger charge is 2.36. The number of sulfonamides is 1. The van der Waals surface area contributed by atoms with Gasteiger partial charge in [-0.1, -0.05) is 24.3 Å². The van der Waals surface area contributed by atoms with Crippen LogP contribution in [-0.2, 0) is 14.8 Å². The SMILES string of the molecule is O=C(CN1c2cccc3cccc(c23)S1(=O)=O)Nc1nc(C2CC2)cs1. The van der Waals surface area contributed by atoms with Gasteiger partial charge in [-0.3, -0.25) is 9.10 Å². The zero-order chi connectivity index (χ0) is 17.9. The number of anilines is 2. The van der Waals surface area contributed by atoms with Gasteiger partial charge in [0.25, 0.3) is 10.0 Å². The van der Waals surface area contributed by atoms with Gasteiger partial charge in [-0.25, -0.2) is 13.4 Å². The number of aromatic nitrogens is 1. The normalized spacial score (nSPS) is 17.6. The lowest BCUT2D eigenvalue weighted by Gasteiger charge is -2.17. The number of nitrogens with zero attached hydrogens (tertiary/aromatic N) is 2. The number of hydrogen-bond acceptors (Lipinski definition) is 5. The molecule has 0 atom stereocenters. The molecule has 3 aromatic rings. The van der Waals surface area contributed by atoms with Gasteiger partial charge in [0.2, 0.25) is 5.91 Å². The number of benzene rings is 2. The minimum atomic E-state index is -3.73. The van der Waals surface area contributed by atoms with Crippen LogP contribution in [0.25, 0.3) is 10.8 Å². The Bertz CT molecular complexity index is 1140. The van der Waals surface area contributed by atoms with Crippen LogP contribution >= 0.6 is 11.3 Å². The maximum absolute atomic E-state index is 12.9. The van der Waals surface area contributed by atoms with Gasteiger partial charge in [0.1, 0.15) is 6.54 Å². The minimum Gasteiger partial charge on any atom is -0.300 e. The van der Waals surface area contributed by atoms with Crippen molar-refractivity contribution in [3.8, 4) is 0 Å². The summed E-state index contributed by atoms with van der Waals surface area (Å²) < 4.78 is 27.0. The van der Waals surface area contributed by atoms with Crippen LogP contribution < -0.4 is 9.62 Å². The lowest BCUT2D eigenvalue weighted by atomic mass is 10.1. The van der Waals surface area contributed by atoms with Gasteiger partial charge < -0.3 is 5.32 Å². The highest BCUT2D eigenvalue weighted by Crippen LogP contribution is 2.42. The fourth-order valence-electron chi connectivity index (χ4n) is 3.33. The van der Waals surface area contributed by atoms with Gasteiger partial charge in [-0.15, -0.1) is 11.3 Å². The third-order valence-corrected chi connectivity index (χ3v) is 7.31. The van der Waals surface area contributed by atoms with Gasteiger partial charge in [-0.05, 0) is 30.4 Å². The molecule has 1 aliphatic heterocycles. The van der Waals surface area contributed by atoms with Crippen molar-refractivity contribution in [3.63, 3.8) is 0 Å². The quantitative estimate of drug-likeness (QED) is 0.747. The van der Waals surface area contributed by atoms with Crippen molar-refractivity contribution in [1.29, 1.82) is 0 Å². The van der Waals surface area contributed by atoms with Crippen LogP contribution in [0.1, 0.15) is 24.5 Å². The van der Waals surface area contributed by atoms with E-state index in [1.807, 2.05) is 17.5 Å². The van der Waals surface area contributed by atoms with Gasteiger partial charge >= 0.3 is 0 Å². The second-order valence-electron chi connectivity index (χ2n) is 6.54. The van der Waals surface area contributed by atoms with Crippen LogP contribution in [0, 0.1) is 0 Å². The van der Waals surface area contributed by atoms with Crippen LogP contribution in [-0.4, -0.2) is 25.9 Å². The van der Waals surface area contributed by atoms with Gasteiger partial charge in [-0.2, -0.15) is 0 Å². The fourth-order valence-corrected chi connectivity index (χ4v) is 5.80. The van der Waals surface area contributed by atoms with Crippen molar-refractivity contribution >= 4 is 48.9 Å². The summed E-state index contributed by atoms with van der Waals surface area (Å²) in [5.41, 5.74) is 1.56. The molecule has 0 radical (unpaired) electrons. The molecule has 2 aromatic carbocycles. The minimum absolute atomic E-state index is 0.253. The second kappa shape index (κ2) is 5.52. The average molecular weight is 385 g/mol. The molecule has 1 fully saturated rings. The van der Waals surface area contributed by atoms with E-state index >= 15 is 0 Å². The summed E-state index contributed by atoms with van der Waals surface area (Å²) in [5.74, 6) is 0.123. The molecule has 1 aliphatic carbocycles. The Hall–Kier alpha value is -2.45. The largest absolute Gasteiger partial charge is 0.300 e. The molecule has 0 spiro atoms. The smallest absolute Gasteiger partial charge is 0.265 e. The molecule has 8 heteroatoms. The van der Waals surface area contributed by atoms with Crippen LogP contribution in [0.2, 0.25) is 0 Å². The summed E-state index contributed by atoms with van der Waals surface area (Å²) in [7, 11) is -3.73. The first-order chi connectivity index (χ1) is 12.5. The highest BCUT2D eigenvalue weighted by atomic mass is 32.2. The fraction of sp³-hybridized carbons (Fsp3) is 0.222. The standard InChI is InChI=1S/C18H15N3O3S2/c22-16(20-18-19-13(10-25-18)11-7-8-11)9-21-14-5-1-3-12-4-2-6-15(17(12)14)26(21,23)24/h1-6,10-11H,7-9H2,(H,19,20,22). The Balaban J connectivity index is 1.43. The molecule has 0 bridgehead atoms. The number of nitrogens with one attached hydrogen (secondary N) is 1. The summed E-state index contributed by atoms with van der Waals surface area (Å²) in [6.45, 7) is -0.269. The molecule has 6 nitrogen and oxygen atoms in total. The molecule has 1 saturated carbocycles. The maximum Gasteiger partial charge on any atom is 0.265 e. The zero-order valence-corrected chi connectivity index (χ0v) is 15.3. The van der Waals surface area contributed by atoms with Gasteiger partial charge in [0.15, 0.2) is 5.13 Å². The Labute approximate surface area is 154 Å². The average Bonchev–Trinajstić information content (AvgIpc) is 3.33. The van der Waals surface area contributed by atoms with E-state index in [9.17, 15) is 13.2 Å². The highest BCUT2D eigenvalue weighted by molar-refractivity contribution is 7.93. The van der Waals surface area contributed by atoms with E-state index in [4.69, 9.17) is 0 Å². The lowest BCUT2D eigenvalue weighted by Crippen LogP contribution is -2.35. The molecule has 132 valence electrons. The Morgan fingerprint density at radius 1 is 1.23 bits per heavy atom. The molecular formula is C18H15N3O3S2. The molecule has 2 aliphatic rings. The molecule has 1 aromatic heterocycles. The van der Waals surface area contributed by atoms with Crippen molar-refractivity contribution in [2.75, 3.05) is 16.2 Å². The van der Waals surface area contributed by atoms with Crippen LogP contribution in [0.4, 0.5) is 10.8 Å². The van der Waals surface area contributed by atoms with Crippen LogP contribution in [0.15, 0.2) is 46.7 Å². The van der Waals surface area contributed by atoms with Gasteiger partial charge in [0.05, 0.1) is 16.3 Å². The maximum atomic E-state index is 12.9. The van der Waals surface area contributed by atoms with E-state index in [2.05, 4.69) is 10.3 Å². The first-order valence-corrected chi connectivity index (χ1v) is 10.7. The molecule has 2 heterocycles. The molecule has 5 rings (SSSR count). The third kappa shape index (κ3) is 2.40. The summed E-state index contributed by atoms with van der Waals surface area (Å²) in [4.78, 5) is 17.1. The molecule has 0 unspecified atom stereocenters. The summed E-state index contributed by atoms with van der Waals surface area (Å²) in [6, 6.07) is 10.6. The van der Waals surface area contributed by atoms with E-state index in [-0.39, 0.29) is 11.4 Å². The lowest BCUT2D eigenvalue weighted by molar-refractivity contribution is -0.114. The third-order valence-electron chi connectivity index (χ3n) is 4.73. The first-order valence-electron chi connectivity index (χ1n) is 8.34. The number of carbonyl (C=O) groups excluding carboxylic acids is 1. The van der Waals surface area contributed by atoms with E-state index in [0.717, 1.165) is 23.9 Å². The Kier molecular flexibility index (Phi) is 3.35. The van der Waals surface area contributed by atoms with Crippen molar-refractivity contribution in [1.82, 2.24) is 4.98 Å². The summed E-state index contributed by atoms with van der Waals surface area (Å²) in [5, 5.41) is 6.73. The van der Waals surface area contributed by atoms with Crippen molar-refractivity contribution < 1.29 is 13.2 Å². The molecule has 1 N–H and O–H groups in total. The second-order valence-corrected chi connectivity index (χ2v) is 9.23. The molecular weight excluding hydrogens is 370 g/mol. The van der Waals surface area contributed by atoms with Crippen LogP contribution in [0.3, 0.4) is 0 Å². The number of thiazole rings is 1. The number of hydrogen-bond donors (Lipinski definition) is 1. The van der Waals surface area contributed by atoms with Crippen molar-refractivity contribution in [2.24, 2.45) is 0 Å². The Morgan fingerprint density at radius 2 is 2.00 bits per heavy atom. The number of rotatable bonds is 4. The molecule has 26 heavy (non-hydrogen) atoms. The van der Waals surface area contributed by atoms with Crippen LogP contribution in [0.5, 0.6) is 0 Å².